The Bertz CT molecular complexity index is 657. The van der Waals surface area contributed by atoms with E-state index in [1.165, 1.54) is 5.56 Å². The van der Waals surface area contributed by atoms with Gasteiger partial charge >= 0.3 is 5.97 Å². The van der Waals surface area contributed by atoms with Gasteiger partial charge < -0.3 is 14.7 Å². The normalized spacial score (nSPS) is 12.1. The summed E-state index contributed by atoms with van der Waals surface area (Å²) in [6.07, 6.45) is 1.99. The molecule has 4 heteroatoms. The molecule has 0 spiro atoms. The van der Waals surface area contributed by atoms with Crippen LogP contribution in [0.25, 0.3) is 0 Å². The number of benzene rings is 2. The summed E-state index contributed by atoms with van der Waals surface area (Å²) in [7, 11) is 1.94. The van der Waals surface area contributed by atoms with Gasteiger partial charge in [0.1, 0.15) is 5.75 Å². The van der Waals surface area contributed by atoms with Crippen LogP contribution in [0, 0.1) is 5.92 Å². The second kappa shape index (κ2) is 9.84. The van der Waals surface area contributed by atoms with E-state index in [9.17, 15) is 4.79 Å². The molecule has 0 amide bonds. The topological polar surface area (TPSA) is 49.8 Å². The van der Waals surface area contributed by atoms with Crippen LogP contribution in [0.2, 0.25) is 0 Å². The van der Waals surface area contributed by atoms with Gasteiger partial charge in [-0.05, 0) is 43.1 Å². The first kappa shape index (κ1) is 19.0. The van der Waals surface area contributed by atoms with E-state index >= 15 is 0 Å². The van der Waals surface area contributed by atoms with E-state index in [2.05, 4.69) is 24.3 Å². The molecular formula is C21H27NO3. The molecule has 4 nitrogen and oxygen atoms in total. The molecule has 0 aliphatic heterocycles. The zero-order valence-electron chi connectivity index (χ0n) is 15.0. The summed E-state index contributed by atoms with van der Waals surface area (Å²) in [6.45, 7) is 3.64. The number of ether oxygens (including phenoxy) is 1. The lowest BCUT2D eigenvalue weighted by molar-refractivity contribution is -0.141. The number of aliphatic carboxylic acids is 1. The zero-order valence-corrected chi connectivity index (χ0v) is 15.0. The van der Waals surface area contributed by atoms with Crippen LogP contribution >= 0.6 is 0 Å². The summed E-state index contributed by atoms with van der Waals surface area (Å²) in [5.74, 6) is -0.269. The Morgan fingerprint density at radius 1 is 1.12 bits per heavy atom. The third-order valence-corrected chi connectivity index (χ3v) is 4.08. The van der Waals surface area contributed by atoms with E-state index < -0.39 is 5.97 Å². The molecule has 2 rings (SSSR count). The Morgan fingerprint density at radius 3 is 2.56 bits per heavy atom. The maximum atomic E-state index is 10.9. The first-order chi connectivity index (χ1) is 12.0. The van der Waals surface area contributed by atoms with Crippen molar-refractivity contribution in [3.8, 4) is 5.75 Å². The van der Waals surface area contributed by atoms with Crippen LogP contribution in [-0.4, -0.2) is 36.2 Å². The molecule has 0 aliphatic carbocycles. The molecule has 0 radical (unpaired) electrons. The van der Waals surface area contributed by atoms with Crippen molar-refractivity contribution in [3.05, 3.63) is 65.7 Å². The minimum Gasteiger partial charge on any atom is -0.494 e. The minimum absolute atomic E-state index is 0.373. The fourth-order valence-corrected chi connectivity index (χ4v) is 2.77. The highest BCUT2D eigenvalue weighted by Crippen LogP contribution is 2.16. The molecule has 1 N–H and O–H groups in total. The van der Waals surface area contributed by atoms with Crippen LogP contribution in [0.1, 0.15) is 24.5 Å². The van der Waals surface area contributed by atoms with Crippen LogP contribution in [0.4, 0.5) is 0 Å². The summed E-state index contributed by atoms with van der Waals surface area (Å²) < 4.78 is 5.86. The third kappa shape index (κ3) is 6.98. The van der Waals surface area contributed by atoms with Crippen molar-refractivity contribution < 1.29 is 14.6 Å². The molecule has 0 heterocycles. The predicted molar refractivity (Wildman–Crippen MR) is 99.8 cm³/mol. The maximum Gasteiger partial charge on any atom is 0.307 e. The number of carbonyl (C=O) groups is 1. The van der Waals surface area contributed by atoms with Gasteiger partial charge in [-0.3, -0.25) is 4.79 Å². The molecule has 0 fully saturated rings. The Hall–Kier alpha value is -2.33. The smallest absolute Gasteiger partial charge is 0.307 e. The fourth-order valence-electron chi connectivity index (χ4n) is 2.77. The van der Waals surface area contributed by atoms with Crippen molar-refractivity contribution in [3.63, 3.8) is 0 Å². The molecule has 0 saturated heterocycles. The SMILES string of the molecule is CC(CN(C)Cc1cccc(OCCCc2ccccc2)c1)C(=O)O. The summed E-state index contributed by atoms with van der Waals surface area (Å²) >= 11 is 0. The first-order valence-electron chi connectivity index (χ1n) is 8.71. The number of nitrogens with zero attached hydrogens (tertiary/aromatic N) is 1. The molecule has 2 aromatic rings. The molecule has 134 valence electrons. The molecule has 2 aromatic carbocycles. The number of aryl methyl sites for hydroxylation is 1. The lowest BCUT2D eigenvalue weighted by atomic mass is 10.1. The molecular weight excluding hydrogens is 314 g/mol. The molecule has 1 atom stereocenters. The summed E-state index contributed by atoms with van der Waals surface area (Å²) in [5.41, 5.74) is 2.45. The number of hydrogen-bond donors (Lipinski definition) is 1. The van der Waals surface area contributed by atoms with E-state index in [1.54, 1.807) is 6.92 Å². The Morgan fingerprint density at radius 2 is 1.84 bits per heavy atom. The van der Waals surface area contributed by atoms with Crippen molar-refractivity contribution in [1.29, 1.82) is 0 Å². The minimum atomic E-state index is -0.762. The average molecular weight is 341 g/mol. The molecule has 1 unspecified atom stereocenters. The van der Waals surface area contributed by atoms with Gasteiger partial charge in [0.25, 0.3) is 0 Å². The van der Waals surface area contributed by atoms with E-state index in [4.69, 9.17) is 9.84 Å². The Labute approximate surface area is 150 Å². The monoisotopic (exact) mass is 341 g/mol. The van der Waals surface area contributed by atoms with E-state index in [1.807, 2.05) is 42.3 Å². The molecule has 0 aromatic heterocycles. The van der Waals surface area contributed by atoms with Gasteiger partial charge in [-0.2, -0.15) is 0 Å². The number of rotatable bonds is 10. The van der Waals surface area contributed by atoms with Gasteiger partial charge in [-0.1, -0.05) is 49.4 Å². The number of carboxylic acid groups (broad SMARTS) is 1. The summed E-state index contributed by atoms with van der Waals surface area (Å²) in [6, 6.07) is 18.4. The van der Waals surface area contributed by atoms with Crippen molar-refractivity contribution in [1.82, 2.24) is 4.90 Å². The average Bonchev–Trinajstić information content (AvgIpc) is 2.60. The van der Waals surface area contributed by atoms with Gasteiger partial charge in [-0.25, -0.2) is 0 Å². The number of hydrogen-bond acceptors (Lipinski definition) is 3. The van der Waals surface area contributed by atoms with Crippen molar-refractivity contribution in [2.45, 2.75) is 26.3 Å². The molecule has 25 heavy (non-hydrogen) atoms. The van der Waals surface area contributed by atoms with Crippen LogP contribution < -0.4 is 4.74 Å². The first-order valence-corrected chi connectivity index (χ1v) is 8.71. The van der Waals surface area contributed by atoms with E-state index in [0.717, 1.165) is 24.2 Å². The van der Waals surface area contributed by atoms with E-state index in [0.29, 0.717) is 19.7 Å². The second-order valence-corrected chi connectivity index (χ2v) is 6.52. The summed E-state index contributed by atoms with van der Waals surface area (Å²) in [4.78, 5) is 13.0. The van der Waals surface area contributed by atoms with Gasteiger partial charge in [0.05, 0.1) is 12.5 Å². The molecule has 0 bridgehead atoms. The second-order valence-electron chi connectivity index (χ2n) is 6.52. The lowest BCUT2D eigenvalue weighted by Gasteiger charge is -2.19. The highest BCUT2D eigenvalue weighted by molar-refractivity contribution is 5.69. The largest absolute Gasteiger partial charge is 0.494 e. The van der Waals surface area contributed by atoms with Crippen LogP contribution in [-0.2, 0) is 17.8 Å². The lowest BCUT2D eigenvalue weighted by Crippen LogP contribution is -2.28. The maximum absolute atomic E-state index is 10.9. The predicted octanol–water partition coefficient (Wildman–Crippen LogP) is 3.85. The van der Waals surface area contributed by atoms with Crippen LogP contribution in [0.15, 0.2) is 54.6 Å². The van der Waals surface area contributed by atoms with Gasteiger partial charge in [0.2, 0.25) is 0 Å². The van der Waals surface area contributed by atoms with Crippen molar-refractivity contribution in [2.24, 2.45) is 5.92 Å². The highest BCUT2D eigenvalue weighted by atomic mass is 16.5. The van der Waals surface area contributed by atoms with Crippen molar-refractivity contribution in [2.75, 3.05) is 20.2 Å². The molecule has 0 aliphatic rings. The van der Waals surface area contributed by atoms with Gasteiger partial charge in [0.15, 0.2) is 0 Å². The molecule has 0 saturated carbocycles. The van der Waals surface area contributed by atoms with Gasteiger partial charge in [-0.15, -0.1) is 0 Å². The van der Waals surface area contributed by atoms with Crippen molar-refractivity contribution >= 4 is 5.97 Å². The standard InChI is InChI=1S/C21H27NO3/c1-17(21(23)24)15-22(2)16-19-10-6-12-20(14-19)25-13-7-11-18-8-4-3-5-9-18/h3-6,8-10,12,14,17H,7,11,13,15-16H2,1-2H3,(H,23,24). The van der Waals surface area contributed by atoms with E-state index in [-0.39, 0.29) is 5.92 Å². The van der Waals surface area contributed by atoms with Crippen LogP contribution in [0.3, 0.4) is 0 Å². The summed E-state index contributed by atoms with van der Waals surface area (Å²) in [5, 5.41) is 9.00. The quantitative estimate of drug-likeness (QED) is 0.667. The zero-order chi connectivity index (χ0) is 18.1. The Balaban J connectivity index is 1.77. The van der Waals surface area contributed by atoms with Crippen LogP contribution in [0.5, 0.6) is 5.75 Å². The third-order valence-electron chi connectivity index (χ3n) is 4.08. The Kier molecular flexibility index (Phi) is 7.48. The number of carboxylic acids is 1. The highest BCUT2D eigenvalue weighted by Gasteiger charge is 2.13. The van der Waals surface area contributed by atoms with Gasteiger partial charge in [0, 0.05) is 13.1 Å². The fraction of sp³-hybridized carbons (Fsp3) is 0.381.